The topological polar surface area (TPSA) is 56.1 Å². The minimum absolute atomic E-state index is 0. The molecule has 1 aromatic rings. The van der Waals surface area contributed by atoms with E-state index in [1.165, 1.54) is 4.57 Å². The monoisotopic (exact) mass is 295 g/mol. The molecular formula is C11H16ClF2N3O2. The van der Waals surface area contributed by atoms with Gasteiger partial charge in [-0.25, -0.2) is 9.78 Å². The number of nitrogens with zero attached hydrogens (tertiary/aromatic N) is 2. The van der Waals surface area contributed by atoms with E-state index in [0.29, 0.717) is 25.3 Å². The summed E-state index contributed by atoms with van der Waals surface area (Å²) in [5, 5.41) is 3.03. The highest BCUT2D eigenvalue weighted by Crippen LogP contribution is 2.29. The van der Waals surface area contributed by atoms with E-state index in [0.717, 1.165) is 6.92 Å². The summed E-state index contributed by atoms with van der Waals surface area (Å²) in [4.78, 5) is 15.5. The molecule has 0 fully saturated rings. The molecule has 1 aliphatic rings. The van der Waals surface area contributed by atoms with Gasteiger partial charge in [0.15, 0.2) is 11.5 Å². The molecule has 0 aliphatic carbocycles. The van der Waals surface area contributed by atoms with E-state index < -0.39 is 11.9 Å². The number of rotatable bonds is 3. The molecule has 108 valence electrons. The van der Waals surface area contributed by atoms with Crippen LogP contribution in [0.25, 0.3) is 0 Å². The summed E-state index contributed by atoms with van der Waals surface area (Å²) in [5.41, 5.74) is 0.455. The second kappa shape index (κ2) is 5.83. The number of carbonyl (C=O) groups excluding carboxylic acids is 1. The van der Waals surface area contributed by atoms with Crippen molar-refractivity contribution >= 4 is 18.4 Å². The van der Waals surface area contributed by atoms with Crippen LogP contribution in [0.3, 0.4) is 0 Å². The van der Waals surface area contributed by atoms with Gasteiger partial charge >= 0.3 is 11.9 Å². The van der Waals surface area contributed by atoms with Crippen molar-refractivity contribution in [1.82, 2.24) is 14.9 Å². The van der Waals surface area contributed by atoms with Crippen LogP contribution < -0.4 is 5.32 Å². The highest BCUT2D eigenvalue weighted by molar-refractivity contribution is 5.88. The molecule has 2 rings (SSSR count). The van der Waals surface area contributed by atoms with E-state index >= 15 is 0 Å². The minimum Gasteiger partial charge on any atom is -0.461 e. The van der Waals surface area contributed by atoms with Crippen LogP contribution in [0.4, 0.5) is 8.78 Å². The molecule has 0 spiro atoms. The van der Waals surface area contributed by atoms with Crippen LogP contribution in [-0.4, -0.2) is 28.7 Å². The number of hydrogen-bond acceptors (Lipinski definition) is 4. The van der Waals surface area contributed by atoms with Crippen LogP contribution in [0.1, 0.15) is 35.9 Å². The Bertz CT molecular complexity index is 471. The Labute approximate surface area is 115 Å². The zero-order valence-corrected chi connectivity index (χ0v) is 11.5. The van der Waals surface area contributed by atoms with Crippen molar-refractivity contribution in [3.05, 3.63) is 17.2 Å². The molecule has 2 heterocycles. The third kappa shape index (κ3) is 3.03. The smallest absolute Gasteiger partial charge is 0.358 e. The number of ether oxygens (including phenoxy) is 1. The maximum atomic E-state index is 13.4. The number of hydrogen-bond donors (Lipinski definition) is 1. The maximum Gasteiger partial charge on any atom is 0.358 e. The molecular weight excluding hydrogens is 280 g/mol. The van der Waals surface area contributed by atoms with E-state index in [1.54, 1.807) is 6.92 Å². The second-order valence-corrected chi connectivity index (χ2v) is 4.17. The van der Waals surface area contributed by atoms with Crippen molar-refractivity contribution in [1.29, 1.82) is 0 Å². The fourth-order valence-electron chi connectivity index (χ4n) is 2.00. The van der Waals surface area contributed by atoms with Gasteiger partial charge in [-0.2, -0.15) is 8.78 Å². The normalized spacial score (nSPS) is 14.5. The largest absolute Gasteiger partial charge is 0.461 e. The first-order valence-electron chi connectivity index (χ1n) is 5.80. The molecule has 0 saturated heterocycles. The minimum atomic E-state index is -3.07. The zero-order valence-electron chi connectivity index (χ0n) is 10.7. The molecule has 0 saturated carbocycles. The lowest BCUT2D eigenvalue weighted by Gasteiger charge is -2.20. The van der Waals surface area contributed by atoms with E-state index in [-0.39, 0.29) is 30.5 Å². The van der Waals surface area contributed by atoms with Crippen molar-refractivity contribution in [3.63, 3.8) is 0 Å². The van der Waals surface area contributed by atoms with E-state index in [9.17, 15) is 13.6 Å². The summed E-state index contributed by atoms with van der Waals surface area (Å²) in [6.07, 6.45) is 0. The molecule has 5 nitrogen and oxygen atoms in total. The summed E-state index contributed by atoms with van der Waals surface area (Å²) in [5.74, 6) is -4.10. The Kier molecular flexibility index (Phi) is 4.86. The van der Waals surface area contributed by atoms with Crippen molar-refractivity contribution in [3.8, 4) is 0 Å². The first-order valence-corrected chi connectivity index (χ1v) is 5.80. The zero-order chi connectivity index (χ0) is 13.3. The highest BCUT2D eigenvalue weighted by atomic mass is 35.5. The Morgan fingerprint density at radius 2 is 2.26 bits per heavy atom. The molecule has 1 aliphatic heterocycles. The number of carbonyl (C=O) groups is 1. The summed E-state index contributed by atoms with van der Waals surface area (Å²) >= 11 is 0. The predicted molar refractivity (Wildman–Crippen MR) is 66.7 cm³/mol. The lowest BCUT2D eigenvalue weighted by atomic mass is 10.2. The molecule has 0 aromatic carbocycles. The summed E-state index contributed by atoms with van der Waals surface area (Å²) in [6.45, 7) is 3.93. The van der Waals surface area contributed by atoms with Gasteiger partial charge in [0.05, 0.1) is 12.3 Å². The van der Waals surface area contributed by atoms with E-state index in [1.807, 2.05) is 0 Å². The average molecular weight is 296 g/mol. The molecule has 8 heteroatoms. The van der Waals surface area contributed by atoms with Crippen LogP contribution in [0, 0.1) is 0 Å². The number of nitrogens with one attached hydrogen (secondary N) is 1. The number of imidazole rings is 1. The van der Waals surface area contributed by atoms with Gasteiger partial charge in [0, 0.05) is 26.6 Å². The summed E-state index contributed by atoms with van der Waals surface area (Å²) in [7, 11) is 0. The quantitative estimate of drug-likeness (QED) is 0.862. The molecule has 19 heavy (non-hydrogen) atoms. The number of fused-ring (bicyclic) bond motifs is 1. The third-order valence-corrected chi connectivity index (χ3v) is 2.74. The van der Waals surface area contributed by atoms with Crippen molar-refractivity contribution in [2.24, 2.45) is 0 Å². The Morgan fingerprint density at radius 1 is 1.58 bits per heavy atom. The SMILES string of the molecule is CCOC(=O)c1nc(C(C)(F)F)n2c1CNCC2.Cl. The number of alkyl halides is 2. The first kappa shape index (κ1) is 15.8. The molecule has 0 bridgehead atoms. The number of esters is 1. The Morgan fingerprint density at radius 3 is 2.84 bits per heavy atom. The lowest BCUT2D eigenvalue weighted by Crippen LogP contribution is -2.31. The van der Waals surface area contributed by atoms with E-state index in [4.69, 9.17) is 4.74 Å². The predicted octanol–water partition coefficient (Wildman–Crippen LogP) is 1.70. The van der Waals surface area contributed by atoms with Crippen molar-refractivity contribution < 1.29 is 18.3 Å². The van der Waals surface area contributed by atoms with Crippen LogP contribution >= 0.6 is 12.4 Å². The van der Waals surface area contributed by atoms with Gasteiger partial charge in [0.25, 0.3) is 0 Å². The fourth-order valence-corrected chi connectivity index (χ4v) is 2.00. The molecule has 0 atom stereocenters. The van der Waals surface area contributed by atoms with Crippen LogP contribution in [0.15, 0.2) is 0 Å². The van der Waals surface area contributed by atoms with E-state index in [2.05, 4.69) is 10.3 Å². The van der Waals surface area contributed by atoms with Gasteiger partial charge in [-0.1, -0.05) is 0 Å². The first-order chi connectivity index (χ1) is 8.45. The van der Waals surface area contributed by atoms with Gasteiger partial charge in [-0.3, -0.25) is 0 Å². The van der Waals surface area contributed by atoms with Crippen LogP contribution in [0.2, 0.25) is 0 Å². The standard InChI is InChI=1S/C11H15F2N3O2.ClH/c1-3-18-9(17)8-7-6-14-4-5-16(7)10(15-8)11(2,12)13;/h14H,3-6H2,1-2H3;1H. The van der Waals surface area contributed by atoms with Gasteiger partial charge in [0.1, 0.15) is 0 Å². The van der Waals surface area contributed by atoms with Crippen LogP contribution in [-0.2, 0) is 23.7 Å². The molecule has 0 amide bonds. The lowest BCUT2D eigenvalue weighted by molar-refractivity contribution is 0.00344. The summed E-state index contributed by atoms with van der Waals surface area (Å²) in [6, 6.07) is 0. The molecule has 1 aromatic heterocycles. The van der Waals surface area contributed by atoms with Gasteiger partial charge in [0.2, 0.25) is 0 Å². The second-order valence-electron chi connectivity index (χ2n) is 4.17. The average Bonchev–Trinajstić information content (AvgIpc) is 2.68. The molecule has 1 N–H and O–H groups in total. The highest BCUT2D eigenvalue weighted by Gasteiger charge is 2.36. The third-order valence-electron chi connectivity index (χ3n) is 2.74. The Balaban J connectivity index is 0.00000180. The van der Waals surface area contributed by atoms with Crippen LogP contribution in [0.5, 0.6) is 0 Å². The molecule has 0 radical (unpaired) electrons. The van der Waals surface area contributed by atoms with Gasteiger partial charge < -0.3 is 14.6 Å². The Hall–Kier alpha value is -1.21. The number of aromatic nitrogens is 2. The van der Waals surface area contributed by atoms with Gasteiger partial charge in [-0.05, 0) is 6.92 Å². The van der Waals surface area contributed by atoms with Crippen molar-refractivity contribution in [2.75, 3.05) is 13.2 Å². The fraction of sp³-hybridized carbons (Fsp3) is 0.636. The number of halogens is 3. The maximum absolute atomic E-state index is 13.4. The van der Waals surface area contributed by atoms with Crippen molar-refractivity contribution in [2.45, 2.75) is 32.9 Å². The van der Waals surface area contributed by atoms with Gasteiger partial charge in [-0.15, -0.1) is 12.4 Å². The molecule has 0 unspecified atom stereocenters. The summed E-state index contributed by atoms with van der Waals surface area (Å²) < 4.78 is 33.1.